The minimum Gasteiger partial charge on any atom is -0.329 e. The van der Waals surface area contributed by atoms with E-state index in [9.17, 15) is 0 Å². The minimum absolute atomic E-state index is 0.142. The molecule has 0 amide bonds. The van der Waals surface area contributed by atoms with E-state index in [2.05, 4.69) is 97.1 Å². The fourth-order valence-electron chi connectivity index (χ4n) is 7.60. The SMILES string of the molecule is NCC12c3ccccc3C(c3ccccc31)C1(CN)c3ccccc3C2c2ccccc21. The smallest absolute Gasteiger partial charge is 0.0439 e. The van der Waals surface area contributed by atoms with Gasteiger partial charge in [0.25, 0.3) is 0 Å². The third-order valence-corrected chi connectivity index (χ3v) is 8.64. The number of rotatable bonds is 2. The fraction of sp³-hybridized carbons (Fsp3) is 0.200. The number of benzene rings is 4. The van der Waals surface area contributed by atoms with Crippen LogP contribution in [0.5, 0.6) is 0 Å². The van der Waals surface area contributed by atoms with E-state index in [0.29, 0.717) is 13.1 Å². The second kappa shape index (κ2) is 6.19. The van der Waals surface area contributed by atoms with Gasteiger partial charge in [0, 0.05) is 35.8 Å². The molecule has 0 atom stereocenters. The second-order valence-corrected chi connectivity index (χ2v) is 9.57. The predicted molar refractivity (Wildman–Crippen MR) is 129 cm³/mol. The van der Waals surface area contributed by atoms with Crippen LogP contribution in [0, 0.1) is 0 Å². The largest absolute Gasteiger partial charge is 0.329 e. The highest BCUT2D eigenvalue weighted by atomic mass is 14.7. The van der Waals surface area contributed by atoms with Crippen LogP contribution < -0.4 is 11.5 Å². The molecule has 2 heteroatoms. The lowest BCUT2D eigenvalue weighted by Gasteiger charge is -2.60. The van der Waals surface area contributed by atoms with Crippen LogP contribution in [-0.4, -0.2) is 13.1 Å². The minimum atomic E-state index is -0.322. The average Bonchev–Trinajstić information content (AvgIpc) is 2.85. The van der Waals surface area contributed by atoms with E-state index >= 15 is 0 Å². The Morgan fingerprint density at radius 2 is 0.688 bits per heavy atom. The van der Waals surface area contributed by atoms with Crippen LogP contribution in [0.25, 0.3) is 0 Å². The van der Waals surface area contributed by atoms with Gasteiger partial charge in [0.2, 0.25) is 0 Å². The molecule has 0 aromatic heterocycles. The molecule has 0 fully saturated rings. The third kappa shape index (κ3) is 1.83. The monoisotopic (exact) mass is 414 g/mol. The molecule has 0 aliphatic heterocycles. The zero-order valence-electron chi connectivity index (χ0n) is 18.0. The van der Waals surface area contributed by atoms with E-state index in [-0.39, 0.29) is 22.7 Å². The Labute approximate surface area is 188 Å². The molecule has 2 nitrogen and oxygen atoms in total. The summed E-state index contributed by atoms with van der Waals surface area (Å²) in [6, 6.07) is 36.0. The molecule has 0 radical (unpaired) electrons. The molecule has 0 saturated carbocycles. The summed E-state index contributed by atoms with van der Waals surface area (Å²) in [6.45, 7) is 1.10. The average molecular weight is 415 g/mol. The lowest BCUT2D eigenvalue weighted by atomic mass is 9.42. The first-order valence-corrected chi connectivity index (χ1v) is 11.6. The van der Waals surface area contributed by atoms with E-state index in [1.54, 1.807) is 0 Å². The highest BCUT2D eigenvalue weighted by Crippen LogP contribution is 2.67. The van der Waals surface area contributed by atoms with E-state index in [1.807, 2.05) is 0 Å². The van der Waals surface area contributed by atoms with Crippen molar-refractivity contribution in [2.45, 2.75) is 22.7 Å². The van der Waals surface area contributed by atoms with Gasteiger partial charge in [-0.25, -0.2) is 0 Å². The standard InChI is InChI=1S/C30H26N2/c31-17-29-23-13-5-1-9-19(23)27(20-10-2-6-14-24(20)29)30(18-32)25-15-7-3-11-21(25)28(29)22-12-4-8-16-26(22)30/h1-16,27-28H,17-18,31-32H2. The molecule has 156 valence electrons. The Bertz CT molecular complexity index is 1180. The Hall–Kier alpha value is -3.20. The van der Waals surface area contributed by atoms with E-state index in [1.165, 1.54) is 44.5 Å². The maximum Gasteiger partial charge on any atom is 0.0439 e. The summed E-state index contributed by atoms with van der Waals surface area (Å²) in [5.74, 6) is 0.284. The fourth-order valence-corrected chi connectivity index (χ4v) is 7.60. The van der Waals surface area contributed by atoms with Gasteiger partial charge in [-0.1, -0.05) is 97.1 Å². The summed E-state index contributed by atoms with van der Waals surface area (Å²) >= 11 is 0. The Morgan fingerprint density at radius 1 is 0.438 bits per heavy atom. The van der Waals surface area contributed by atoms with Gasteiger partial charge in [0.15, 0.2) is 0 Å². The van der Waals surface area contributed by atoms with Crippen molar-refractivity contribution >= 4 is 0 Å². The van der Waals surface area contributed by atoms with Gasteiger partial charge in [-0.2, -0.15) is 0 Å². The second-order valence-electron chi connectivity index (χ2n) is 9.57. The van der Waals surface area contributed by atoms with Crippen LogP contribution >= 0.6 is 0 Å². The molecule has 10 rings (SSSR count). The third-order valence-electron chi connectivity index (χ3n) is 8.64. The lowest BCUT2D eigenvalue weighted by molar-refractivity contribution is 0.339. The van der Waals surface area contributed by atoms with Gasteiger partial charge in [0.1, 0.15) is 0 Å². The Morgan fingerprint density at radius 3 is 0.938 bits per heavy atom. The zero-order chi connectivity index (χ0) is 21.5. The molecule has 0 spiro atoms. The van der Waals surface area contributed by atoms with Crippen molar-refractivity contribution in [3.05, 3.63) is 142 Å². The molecular weight excluding hydrogens is 388 g/mol. The molecule has 4 bridgehead atoms. The van der Waals surface area contributed by atoms with Crippen LogP contribution in [-0.2, 0) is 10.8 Å². The van der Waals surface area contributed by atoms with Gasteiger partial charge >= 0.3 is 0 Å². The first kappa shape index (κ1) is 18.4. The highest BCUT2D eigenvalue weighted by molar-refractivity contribution is 5.73. The van der Waals surface area contributed by atoms with Gasteiger partial charge in [0.05, 0.1) is 0 Å². The maximum atomic E-state index is 6.86. The molecular formula is C30H26N2. The summed E-state index contributed by atoms with van der Waals surface area (Å²) in [6.07, 6.45) is 0. The van der Waals surface area contributed by atoms with E-state index < -0.39 is 0 Å². The van der Waals surface area contributed by atoms with Gasteiger partial charge in [-0.05, 0) is 44.5 Å². The summed E-state index contributed by atoms with van der Waals surface area (Å²) in [5, 5.41) is 0. The van der Waals surface area contributed by atoms with Crippen LogP contribution in [0.4, 0.5) is 0 Å². The van der Waals surface area contributed by atoms with Crippen molar-refractivity contribution < 1.29 is 0 Å². The molecule has 4 N–H and O–H groups in total. The summed E-state index contributed by atoms with van der Waals surface area (Å²) in [5.41, 5.74) is 24.1. The highest BCUT2D eigenvalue weighted by Gasteiger charge is 2.61. The van der Waals surface area contributed by atoms with Crippen molar-refractivity contribution in [3.8, 4) is 0 Å². The zero-order valence-corrected chi connectivity index (χ0v) is 18.0. The molecule has 32 heavy (non-hydrogen) atoms. The molecule has 0 unspecified atom stereocenters. The summed E-state index contributed by atoms with van der Waals surface area (Å²) in [4.78, 5) is 0. The molecule has 0 heterocycles. The molecule has 6 aliphatic rings. The Kier molecular flexibility index (Phi) is 3.55. The molecule has 4 aromatic carbocycles. The van der Waals surface area contributed by atoms with Crippen molar-refractivity contribution in [2.75, 3.05) is 13.1 Å². The van der Waals surface area contributed by atoms with Crippen LogP contribution in [0.3, 0.4) is 0 Å². The summed E-state index contributed by atoms with van der Waals surface area (Å²) < 4.78 is 0. The van der Waals surface area contributed by atoms with Crippen LogP contribution in [0.1, 0.15) is 56.3 Å². The van der Waals surface area contributed by atoms with Crippen molar-refractivity contribution in [3.63, 3.8) is 0 Å². The van der Waals surface area contributed by atoms with Crippen molar-refractivity contribution in [1.82, 2.24) is 0 Å². The number of hydrogen-bond acceptors (Lipinski definition) is 2. The normalized spacial score (nSPS) is 28.2. The van der Waals surface area contributed by atoms with Crippen LogP contribution in [0.2, 0.25) is 0 Å². The molecule has 4 aromatic rings. The van der Waals surface area contributed by atoms with Gasteiger partial charge in [-0.3, -0.25) is 0 Å². The number of hydrogen-bond donors (Lipinski definition) is 2. The quantitative estimate of drug-likeness (QED) is 0.496. The Balaban J connectivity index is 1.79. The van der Waals surface area contributed by atoms with Crippen molar-refractivity contribution in [2.24, 2.45) is 11.5 Å². The van der Waals surface area contributed by atoms with Crippen LogP contribution in [0.15, 0.2) is 97.1 Å². The van der Waals surface area contributed by atoms with E-state index in [4.69, 9.17) is 11.5 Å². The maximum absolute atomic E-state index is 6.86. The topological polar surface area (TPSA) is 52.0 Å². The van der Waals surface area contributed by atoms with Gasteiger partial charge < -0.3 is 11.5 Å². The number of nitrogens with two attached hydrogens (primary N) is 2. The van der Waals surface area contributed by atoms with Crippen molar-refractivity contribution in [1.29, 1.82) is 0 Å². The summed E-state index contributed by atoms with van der Waals surface area (Å²) in [7, 11) is 0. The van der Waals surface area contributed by atoms with Gasteiger partial charge in [-0.15, -0.1) is 0 Å². The first-order chi connectivity index (χ1) is 15.8. The molecule has 0 saturated heterocycles. The van der Waals surface area contributed by atoms with E-state index in [0.717, 1.165) is 0 Å². The lowest BCUT2D eigenvalue weighted by Crippen LogP contribution is -2.57. The molecule has 6 aliphatic carbocycles. The first-order valence-electron chi connectivity index (χ1n) is 11.6. The predicted octanol–water partition coefficient (Wildman–Crippen LogP) is 4.78.